The summed E-state index contributed by atoms with van der Waals surface area (Å²) < 4.78 is 4.98. The number of nitrogens with zero attached hydrogens (tertiary/aromatic N) is 2. The minimum absolute atomic E-state index is 0.169. The van der Waals surface area contributed by atoms with Gasteiger partial charge in [0.15, 0.2) is 6.61 Å². The molecule has 0 aliphatic carbocycles. The molecule has 144 valence electrons. The first-order chi connectivity index (χ1) is 13.3. The fourth-order valence-corrected chi connectivity index (χ4v) is 2.44. The predicted octanol–water partition coefficient (Wildman–Crippen LogP) is 3.46. The first-order valence-electron chi connectivity index (χ1n) is 8.73. The molecular weight excluding hydrogens is 354 g/mol. The number of ether oxygens (including phenoxy) is 1. The summed E-state index contributed by atoms with van der Waals surface area (Å²) in [4.78, 5) is 26.1. The molecule has 0 aliphatic heterocycles. The molecule has 0 unspecified atom stereocenters. The molecule has 28 heavy (non-hydrogen) atoms. The van der Waals surface area contributed by atoms with Crippen LogP contribution in [0.2, 0.25) is 0 Å². The van der Waals surface area contributed by atoms with Crippen LogP contribution in [0.15, 0.2) is 48.0 Å². The average Bonchev–Trinajstić information content (AvgIpc) is 2.67. The lowest BCUT2D eigenvalue weighted by molar-refractivity contribution is -0.142. The molecule has 6 nitrogen and oxygen atoms in total. The number of rotatable bonds is 6. The van der Waals surface area contributed by atoms with Gasteiger partial charge in [0, 0.05) is 25.5 Å². The SMILES string of the molecule is Cc1ccc(C)c(NC(=O)COC(=O)/C(C#N)=C/c2ccc(N(C)C)cc2)c1. The number of nitriles is 1. The quantitative estimate of drug-likeness (QED) is 0.474. The highest BCUT2D eigenvalue weighted by molar-refractivity contribution is 6.00. The van der Waals surface area contributed by atoms with E-state index in [0.717, 1.165) is 16.8 Å². The number of amides is 1. The number of hydrogen-bond acceptors (Lipinski definition) is 5. The van der Waals surface area contributed by atoms with Crippen LogP contribution in [0.3, 0.4) is 0 Å². The van der Waals surface area contributed by atoms with Crippen LogP contribution in [0, 0.1) is 25.2 Å². The number of carbonyl (C=O) groups excluding carboxylic acids is 2. The Morgan fingerprint density at radius 2 is 1.82 bits per heavy atom. The zero-order valence-corrected chi connectivity index (χ0v) is 16.4. The van der Waals surface area contributed by atoms with Crippen LogP contribution in [-0.2, 0) is 14.3 Å². The molecule has 2 rings (SSSR count). The normalized spacial score (nSPS) is 10.8. The van der Waals surface area contributed by atoms with Crippen LogP contribution in [0.1, 0.15) is 16.7 Å². The highest BCUT2D eigenvalue weighted by atomic mass is 16.5. The first kappa shape index (κ1) is 20.7. The summed E-state index contributed by atoms with van der Waals surface area (Å²) in [6.07, 6.45) is 1.43. The standard InChI is InChI=1S/C22H23N3O3/c1-15-5-6-16(2)20(11-15)24-21(26)14-28-22(27)18(13-23)12-17-7-9-19(10-8-17)25(3)4/h5-12H,14H2,1-4H3,(H,24,26)/b18-12+. The largest absolute Gasteiger partial charge is 0.451 e. The third-order valence-electron chi connectivity index (χ3n) is 4.06. The number of nitrogens with one attached hydrogen (secondary N) is 1. The van der Waals surface area contributed by atoms with Crippen LogP contribution >= 0.6 is 0 Å². The van der Waals surface area contributed by atoms with Gasteiger partial charge in [0.25, 0.3) is 5.91 Å². The topological polar surface area (TPSA) is 82.4 Å². The van der Waals surface area contributed by atoms with Crippen molar-refractivity contribution in [1.82, 2.24) is 0 Å². The van der Waals surface area contributed by atoms with Crippen LogP contribution in [0.25, 0.3) is 6.08 Å². The molecule has 2 aromatic rings. The average molecular weight is 377 g/mol. The van der Waals surface area contributed by atoms with E-state index in [1.165, 1.54) is 6.08 Å². The maximum absolute atomic E-state index is 12.1. The van der Waals surface area contributed by atoms with Crippen molar-refractivity contribution in [3.63, 3.8) is 0 Å². The smallest absolute Gasteiger partial charge is 0.349 e. The van der Waals surface area contributed by atoms with Crippen molar-refractivity contribution in [2.45, 2.75) is 13.8 Å². The number of anilines is 2. The Morgan fingerprint density at radius 3 is 2.43 bits per heavy atom. The van der Waals surface area contributed by atoms with Crippen LogP contribution in [-0.4, -0.2) is 32.6 Å². The van der Waals surface area contributed by atoms with E-state index in [0.29, 0.717) is 11.3 Å². The lowest BCUT2D eigenvalue weighted by atomic mass is 10.1. The molecule has 6 heteroatoms. The molecule has 1 amide bonds. The third-order valence-corrected chi connectivity index (χ3v) is 4.06. The van der Waals surface area contributed by atoms with Crippen molar-refractivity contribution in [2.75, 3.05) is 30.9 Å². The Morgan fingerprint density at radius 1 is 1.14 bits per heavy atom. The number of carbonyl (C=O) groups is 2. The molecule has 0 fully saturated rings. The maximum Gasteiger partial charge on any atom is 0.349 e. The van der Waals surface area contributed by atoms with E-state index in [4.69, 9.17) is 4.74 Å². The van der Waals surface area contributed by atoms with Crippen molar-refractivity contribution in [1.29, 1.82) is 5.26 Å². The Labute approximate surface area is 165 Å². The summed E-state index contributed by atoms with van der Waals surface area (Å²) in [6, 6.07) is 14.9. The summed E-state index contributed by atoms with van der Waals surface area (Å²) in [5.41, 5.74) is 4.10. The van der Waals surface area contributed by atoms with Gasteiger partial charge in [0.2, 0.25) is 0 Å². The van der Waals surface area contributed by atoms with Crippen molar-refractivity contribution in [3.05, 3.63) is 64.7 Å². The van der Waals surface area contributed by atoms with Gasteiger partial charge in [-0.25, -0.2) is 4.79 Å². The minimum Gasteiger partial charge on any atom is -0.451 e. The van der Waals surface area contributed by atoms with Crippen molar-refractivity contribution in [3.8, 4) is 6.07 Å². The van der Waals surface area contributed by atoms with E-state index in [9.17, 15) is 14.9 Å². The second-order valence-corrected chi connectivity index (χ2v) is 6.60. The van der Waals surface area contributed by atoms with Crippen LogP contribution in [0.4, 0.5) is 11.4 Å². The van der Waals surface area contributed by atoms with Gasteiger partial charge >= 0.3 is 5.97 Å². The molecule has 0 spiro atoms. The number of esters is 1. The zero-order chi connectivity index (χ0) is 20.7. The second kappa shape index (κ2) is 9.38. The highest BCUT2D eigenvalue weighted by Crippen LogP contribution is 2.17. The molecule has 1 N–H and O–H groups in total. The second-order valence-electron chi connectivity index (χ2n) is 6.60. The monoisotopic (exact) mass is 377 g/mol. The summed E-state index contributed by atoms with van der Waals surface area (Å²) in [5.74, 6) is -1.30. The first-order valence-corrected chi connectivity index (χ1v) is 8.73. The summed E-state index contributed by atoms with van der Waals surface area (Å²) in [6.45, 7) is 3.33. The molecule has 0 aliphatic rings. The van der Waals surface area contributed by atoms with E-state index in [-0.39, 0.29) is 5.57 Å². The minimum atomic E-state index is -0.838. The molecule has 0 saturated carbocycles. The fraction of sp³-hybridized carbons (Fsp3) is 0.227. The van der Waals surface area contributed by atoms with E-state index >= 15 is 0 Å². The van der Waals surface area contributed by atoms with Gasteiger partial charge in [0.1, 0.15) is 11.6 Å². The Bertz CT molecular complexity index is 938. The number of benzene rings is 2. The summed E-state index contributed by atoms with van der Waals surface area (Å²) >= 11 is 0. The molecule has 0 aromatic heterocycles. The van der Waals surface area contributed by atoms with Crippen LogP contribution < -0.4 is 10.2 Å². The van der Waals surface area contributed by atoms with Gasteiger partial charge in [-0.05, 0) is 54.8 Å². The zero-order valence-electron chi connectivity index (χ0n) is 16.4. The van der Waals surface area contributed by atoms with Gasteiger partial charge in [0.05, 0.1) is 0 Å². The lowest BCUT2D eigenvalue weighted by Crippen LogP contribution is -2.21. The molecule has 0 atom stereocenters. The van der Waals surface area contributed by atoms with Gasteiger partial charge in [-0.2, -0.15) is 5.26 Å². The van der Waals surface area contributed by atoms with E-state index in [1.807, 2.05) is 69.2 Å². The predicted molar refractivity (Wildman–Crippen MR) is 110 cm³/mol. The van der Waals surface area contributed by atoms with Crippen molar-refractivity contribution < 1.29 is 14.3 Å². The highest BCUT2D eigenvalue weighted by Gasteiger charge is 2.14. The van der Waals surface area contributed by atoms with Crippen molar-refractivity contribution >= 4 is 29.3 Å². The summed E-state index contributed by atoms with van der Waals surface area (Å²) in [5, 5.41) is 11.9. The molecule has 0 radical (unpaired) electrons. The van der Waals surface area contributed by atoms with E-state index in [1.54, 1.807) is 12.1 Å². The molecule has 0 saturated heterocycles. The van der Waals surface area contributed by atoms with Gasteiger partial charge in [-0.3, -0.25) is 4.79 Å². The van der Waals surface area contributed by atoms with E-state index in [2.05, 4.69) is 5.32 Å². The third kappa shape index (κ3) is 5.71. The molecule has 0 heterocycles. The van der Waals surface area contributed by atoms with E-state index < -0.39 is 18.5 Å². The molecular formula is C22H23N3O3. The number of hydrogen-bond donors (Lipinski definition) is 1. The molecule has 0 bridgehead atoms. The van der Waals surface area contributed by atoms with Gasteiger partial charge < -0.3 is 15.0 Å². The fourth-order valence-electron chi connectivity index (χ4n) is 2.44. The Hall–Kier alpha value is -3.59. The number of aryl methyl sites for hydroxylation is 2. The lowest BCUT2D eigenvalue weighted by Gasteiger charge is -2.12. The van der Waals surface area contributed by atoms with Crippen molar-refractivity contribution in [2.24, 2.45) is 0 Å². The van der Waals surface area contributed by atoms with Gasteiger partial charge in [-0.1, -0.05) is 24.3 Å². The summed E-state index contributed by atoms with van der Waals surface area (Å²) in [7, 11) is 3.85. The Balaban J connectivity index is 1.99. The maximum atomic E-state index is 12.1. The Kier molecular flexibility index (Phi) is 6.94. The molecule has 2 aromatic carbocycles. The van der Waals surface area contributed by atoms with Crippen LogP contribution in [0.5, 0.6) is 0 Å². The van der Waals surface area contributed by atoms with Gasteiger partial charge in [-0.15, -0.1) is 0 Å².